The maximum atomic E-state index is 11.7. The molecular weight excluding hydrogens is 217 g/mol. The van der Waals surface area contributed by atoms with Gasteiger partial charge >= 0.3 is 12.1 Å². The van der Waals surface area contributed by atoms with E-state index in [1.165, 1.54) is 0 Å². The van der Waals surface area contributed by atoms with Gasteiger partial charge in [0.2, 0.25) is 0 Å². The zero-order chi connectivity index (χ0) is 12.1. The highest BCUT2D eigenvalue weighted by Crippen LogP contribution is 2.17. The van der Waals surface area contributed by atoms with Gasteiger partial charge in [-0.05, 0) is 0 Å². The van der Waals surface area contributed by atoms with E-state index in [2.05, 4.69) is 16.6 Å². The maximum Gasteiger partial charge on any atom is 0.491 e. The average molecular weight is 226 g/mol. The number of rotatable bonds is 4. The Bertz CT molecular complexity index is 275. The molecule has 0 heterocycles. The zero-order valence-electron chi connectivity index (χ0n) is 7.56. The van der Waals surface area contributed by atoms with Crippen molar-refractivity contribution in [2.45, 2.75) is 6.18 Å². The number of halogens is 3. The van der Waals surface area contributed by atoms with Gasteiger partial charge in [0.15, 0.2) is 5.76 Å². The Balaban J connectivity index is 4.14. The van der Waals surface area contributed by atoms with Gasteiger partial charge in [-0.2, -0.15) is 13.2 Å². The minimum atomic E-state index is -5.16. The number of esters is 1. The van der Waals surface area contributed by atoms with Gasteiger partial charge in [-0.15, -0.1) is 0 Å². The molecule has 0 aliphatic heterocycles. The molecular formula is C7H9F3N2O3. The molecule has 0 bridgehead atoms. The number of carbonyl (C=O) groups is 2. The summed E-state index contributed by atoms with van der Waals surface area (Å²) >= 11 is 0. The molecule has 0 aromatic carbocycles. The second-order valence-electron chi connectivity index (χ2n) is 2.36. The number of ether oxygens (including phenoxy) is 1. The second kappa shape index (κ2) is 5.35. The zero-order valence-corrected chi connectivity index (χ0v) is 7.56. The molecule has 0 aromatic heterocycles. The van der Waals surface area contributed by atoms with E-state index in [1.807, 2.05) is 0 Å². The van der Waals surface area contributed by atoms with Crippen molar-refractivity contribution in [2.24, 2.45) is 5.73 Å². The summed E-state index contributed by atoms with van der Waals surface area (Å²) in [4.78, 5) is 21.1. The van der Waals surface area contributed by atoms with Crippen molar-refractivity contribution in [1.29, 1.82) is 0 Å². The number of nitrogens with one attached hydrogen (secondary N) is 1. The van der Waals surface area contributed by atoms with Crippen molar-refractivity contribution in [3.63, 3.8) is 0 Å². The Labute approximate surface area is 83.1 Å². The van der Waals surface area contributed by atoms with Crippen LogP contribution in [0.2, 0.25) is 0 Å². The van der Waals surface area contributed by atoms with E-state index >= 15 is 0 Å². The minimum Gasteiger partial charge on any atom is -0.415 e. The largest absolute Gasteiger partial charge is 0.491 e. The molecule has 3 N–H and O–H groups in total. The molecule has 0 unspecified atom stereocenters. The normalized spacial score (nSPS) is 10.7. The third kappa shape index (κ3) is 5.01. The molecule has 0 fully saturated rings. The number of hydrogen-bond donors (Lipinski definition) is 2. The van der Waals surface area contributed by atoms with Crippen molar-refractivity contribution in [3.8, 4) is 0 Å². The topological polar surface area (TPSA) is 81.4 Å². The first-order chi connectivity index (χ1) is 6.79. The highest BCUT2D eigenvalue weighted by Gasteiger charge is 2.42. The van der Waals surface area contributed by atoms with E-state index < -0.39 is 23.8 Å². The van der Waals surface area contributed by atoms with Crippen molar-refractivity contribution < 1.29 is 27.5 Å². The molecule has 0 atom stereocenters. The van der Waals surface area contributed by atoms with Crippen LogP contribution in [0.4, 0.5) is 13.2 Å². The van der Waals surface area contributed by atoms with E-state index in [1.54, 1.807) is 0 Å². The Kier molecular flexibility index (Phi) is 4.79. The van der Waals surface area contributed by atoms with E-state index in [4.69, 9.17) is 5.73 Å². The summed E-state index contributed by atoms with van der Waals surface area (Å²) in [6.45, 7) is 3.01. The lowest BCUT2D eigenvalue weighted by Gasteiger charge is -2.08. The highest BCUT2D eigenvalue weighted by molar-refractivity contribution is 5.93. The number of alkyl halides is 3. The number of carbonyl (C=O) groups excluding carboxylic acids is 2. The SMILES string of the molecule is C=C(OC(=O)C(F)(F)F)C(=O)NCCN. The monoisotopic (exact) mass is 226 g/mol. The standard InChI is InChI=1S/C7H9F3N2O3/c1-4(5(13)12-3-2-11)15-6(14)7(8,9)10/h1-3,11H2,(H,12,13). The van der Waals surface area contributed by atoms with Crippen LogP contribution < -0.4 is 11.1 Å². The molecule has 0 aromatic rings. The molecule has 0 aliphatic carbocycles. The van der Waals surface area contributed by atoms with Gasteiger partial charge in [-0.3, -0.25) is 4.79 Å². The van der Waals surface area contributed by atoms with E-state index in [9.17, 15) is 22.8 Å². The smallest absolute Gasteiger partial charge is 0.415 e. The van der Waals surface area contributed by atoms with E-state index in [0.717, 1.165) is 0 Å². The summed E-state index contributed by atoms with van der Waals surface area (Å²) in [6.07, 6.45) is -5.16. The van der Waals surface area contributed by atoms with Gasteiger partial charge < -0.3 is 15.8 Å². The fraction of sp³-hybridized carbons (Fsp3) is 0.429. The molecule has 1 amide bonds. The Hall–Kier alpha value is -1.57. The molecule has 15 heavy (non-hydrogen) atoms. The van der Waals surface area contributed by atoms with Crippen LogP contribution in [0.25, 0.3) is 0 Å². The van der Waals surface area contributed by atoms with Crippen LogP contribution in [0, 0.1) is 0 Å². The summed E-state index contributed by atoms with van der Waals surface area (Å²) in [5.41, 5.74) is 5.02. The maximum absolute atomic E-state index is 11.7. The summed E-state index contributed by atoms with van der Waals surface area (Å²) in [6, 6.07) is 0. The summed E-state index contributed by atoms with van der Waals surface area (Å²) in [5.74, 6) is -4.43. The summed E-state index contributed by atoms with van der Waals surface area (Å²) in [5, 5.41) is 2.08. The Morgan fingerprint density at radius 1 is 1.40 bits per heavy atom. The second-order valence-corrected chi connectivity index (χ2v) is 2.36. The third-order valence-corrected chi connectivity index (χ3v) is 1.13. The van der Waals surface area contributed by atoms with Gasteiger partial charge in [-0.25, -0.2) is 4.79 Å². The molecule has 0 aliphatic rings. The third-order valence-electron chi connectivity index (χ3n) is 1.13. The lowest BCUT2D eigenvalue weighted by atomic mass is 10.5. The summed E-state index contributed by atoms with van der Waals surface area (Å²) in [7, 11) is 0. The van der Waals surface area contributed by atoms with E-state index in [-0.39, 0.29) is 13.1 Å². The average Bonchev–Trinajstić information content (AvgIpc) is 2.12. The number of nitrogens with two attached hydrogens (primary N) is 1. The van der Waals surface area contributed by atoms with Crippen LogP contribution in [-0.2, 0) is 14.3 Å². The predicted molar refractivity (Wildman–Crippen MR) is 43.4 cm³/mol. The lowest BCUT2D eigenvalue weighted by Crippen LogP contribution is -2.33. The van der Waals surface area contributed by atoms with E-state index in [0.29, 0.717) is 0 Å². The Morgan fingerprint density at radius 3 is 2.33 bits per heavy atom. The van der Waals surface area contributed by atoms with Crippen LogP contribution in [0.3, 0.4) is 0 Å². The van der Waals surface area contributed by atoms with Crippen LogP contribution in [0.15, 0.2) is 12.3 Å². The van der Waals surface area contributed by atoms with Crippen molar-refractivity contribution in [2.75, 3.05) is 13.1 Å². The fourth-order valence-corrected chi connectivity index (χ4v) is 0.500. The van der Waals surface area contributed by atoms with Crippen LogP contribution >= 0.6 is 0 Å². The van der Waals surface area contributed by atoms with Gasteiger partial charge in [0.25, 0.3) is 5.91 Å². The fourth-order valence-electron chi connectivity index (χ4n) is 0.500. The molecule has 0 saturated heterocycles. The molecule has 0 radical (unpaired) electrons. The molecule has 0 saturated carbocycles. The van der Waals surface area contributed by atoms with Gasteiger partial charge in [0.1, 0.15) is 0 Å². The predicted octanol–water partition coefficient (Wildman–Crippen LogP) is -0.320. The molecule has 0 rings (SSSR count). The summed E-state index contributed by atoms with van der Waals surface area (Å²) < 4.78 is 38.6. The first-order valence-corrected chi connectivity index (χ1v) is 3.75. The van der Waals surface area contributed by atoms with Crippen LogP contribution in [0.1, 0.15) is 0 Å². The number of amides is 1. The Morgan fingerprint density at radius 2 is 1.93 bits per heavy atom. The quantitative estimate of drug-likeness (QED) is 0.391. The van der Waals surface area contributed by atoms with Crippen LogP contribution in [0.5, 0.6) is 0 Å². The van der Waals surface area contributed by atoms with Crippen molar-refractivity contribution >= 4 is 11.9 Å². The highest BCUT2D eigenvalue weighted by atomic mass is 19.4. The minimum absolute atomic E-state index is 0.0431. The van der Waals surface area contributed by atoms with Crippen molar-refractivity contribution in [3.05, 3.63) is 12.3 Å². The molecule has 0 spiro atoms. The first-order valence-electron chi connectivity index (χ1n) is 3.75. The molecule has 8 heteroatoms. The van der Waals surface area contributed by atoms with Gasteiger partial charge in [-0.1, -0.05) is 6.58 Å². The van der Waals surface area contributed by atoms with Gasteiger partial charge in [0, 0.05) is 13.1 Å². The van der Waals surface area contributed by atoms with Crippen LogP contribution in [-0.4, -0.2) is 31.1 Å². The first kappa shape index (κ1) is 13.4. The lowest BCUT2D eigenvalue weighted by molar-refractivity contribution is -0.195. The van der Waals surface area contributed by atoms with Gasteiger partial charge in [0.05, 0.1) is 0 Å². The van der Waals surface area contributed by atoms with Crippen molar-refractivity contribution in [1.82, 2.24) is 5.32 Å². The molecule has 5 nitrogen and oxygen atoms in total. The number of hydrogen-bond acceptors (Lipinski definition) is 4. The molecule has 86 valence electrons.